The minimum Gasteiger partial charge on any atom is -0.421 e. The van der Waals surface area contributed by atoms with E-state index in [-0.39, 0.29) is 6.10 Å². The van der Waals surface area contributed by atoms with E-state index in [2.05, 4.69) is 50.4 Å². The van der Waals surface area contributed by atoms with E-state index in [1.165, 1.54) is 30.1 Å². The van der Waals surface area contributed by atoms with Gasteiger partial charge in [0, 0.05) is 0 Å². The maximum Gasteiger partial charge on any atom is 0.480 e. The summed E-state index contributed by atoms with van der Waals surface area (Å²) in [5.74, 6) is 0. The predicted octanol–water partition coefficient (Wildman–Crippen LogP) is 3.53. The van der Waals surface area contributed by atoms with Crippen LogP contribution in [0.3, 0.4) is 0 Å². The predicted molar refractivity (Wildman–Crippen MR) is 110 cm³/mol. The normalized spacial score (nSPS) is 20.5. The van der Waals surface area contributed by atoms with Crippen LogP contribution in [0.1, 0.15) is 44.6 Å². The number of aromatic nitrogens is 2. The average Bonchev–Trinajstić information content (AvgIpc) is 3.09. The number of alkyl halides is 7. The summed E-state index contributed by atoms with van der Waals surface area (Å²) in [4.78, 5) is 0. The zero-order valence-corrected chi connectivity index (χ0v) is 20.2. The van der Waals surface area contributed by atoms with Crippen molar-refractivity contribution < 1.29 is 52.9 Å². The van der Waals surface area contributed by atoms with Gasteiger partial charge in [-0.25, -0.2) is 26.0 Å². The lowest BCUT2D eigenvalue weighted by Crippen LogP contribution is -2.33. The molecule has 1 aliphatic carbocycles. The van der Waals surface area contributed by atoms with Gasteiger partial charge in [0.25, 0.3) is 0 Å². The van der Waals surface area contributed by atoms with E-state index in [1.54, 1.807) is 0 Å². The first-order valence-corrected chi connectivity index (χ1v) is 13.6. The van der Waals surface area contributed by atoms with E-state index >= 15 is 0 Å². The molecule has 1 fully saturated rings. The van der Waals surface area contributed by atoms with Crippen molar-refractivity contribution >= 4 is 42.6 Å². The van der Waals surface area contributed by atoms with E-state index in [9.17, 15) is 48.3 Å². The minimum atomic E-state index is -6.72. The number of unbranched alkanes of at least 4 members (excludes halogenated alkanes) is 1. The van der Waals surface area contributed by atoms with E-state index in [1.807, 2.05) is 0 Å². The average molecular weight is 629 g/mol. The number of hydrogen-bond acceptors (Lipinski definition) is 5. The van der Waals surface area contributed by atoms with Crippen molar-refractivity contribution in [3.8, 4) is 0 Å². The number of hydrogen-bond donors (Lipinski definition) is 1. The molecule has 188 valence electrons. The number of aliphatic hydroxyl groups is 1. The Morgan fingerprint density at radius 2 is 1.53 bits per heavy atom. The Balaban J connectivity index is 0.000000324. The van der Waals surface area contributed by atoms with Crippen molar-refractivity contribution in [3.05, 3.63) is 22.8 Å². The van der Waals surface area contributed by atoms with Gasteiger partial charge in [-0.2, -0.15) is 26.3 Å². The first kappa shape index (κ1) is 29.4. The van der Waals surface area contributed by atoms with Crippen LogP contribution in [0.4, 0.5) is 26.3 Å². The smallest absolute Gasteiger partial charge is 0.421 e. The van der Waals surface area contributed by atoms with E-state index in [0.717, 1.165) is 23.5 Å². The summed E-state index contributed by atoms with van der Waals surface area (Å²) in [7, 11) is -13.4. The quantitative estimate of drug-likeness (QED) is 0.163. The third-order valence-electron chi connectivity index (χ3n) is 4.37. The summed E-state index contributed by atoms with van der Waals surface area (Å²) in [6.45, 7) is 1.10. The number of rotatable bonds is 7. The highest BCUT2D eigenvalue weighted by Crippen LogP contribution is 2.36. The fourth-order valence-electron chi connectivity index (χ4n) is 2.78. The van der Waals surface area contributed by atoms with Crippen LogP contribution in [0.5, 0.6) is 0 Å². The summed E-state index contributed by atoms with van der Waals surface area (Å²) in [5, 5.41) is 10.0. The van der Waals surface area contributed by atoms with Crippen LogP contribution in [-0.2, 0) is 26.6 Å². The van der Waals surface area contributed by atoms with Gasteiger partial charge in [0.2, 0.25) is 6.33 Å². The molecule has 0 amide bonds. The summed E-state index contributed by atoms with van der Waals surface area (Å²) in [5.41, 5.74) is -12.4. The second kappa shape index (κ2) is 11.7. The Morgan fingerprint density at radius 1 is 1.00 bits per heavy atom. The van der Waals surface area contributed by atoms with Crippen molar-refractivity contribution in [2.24, 2.45) is 0 Å². The van der Waals surface area contributed by atoms with Crippen LogP contribution in [0.25, 0.3) is 4.13 Å². The molecule has 1 aromatic rings. The molecule has 17 heteroatoms. The molecule has 1 N–H and O–H groups in total. The maximum atomic E-state index is 11.4. The summed E-state index contributed by atoms with van der Waals surface area (Å²) < 4.78 is 115. The monoisotopic (exact) mass is 629 g/mol. The Bertz CT molecular complexity index is 892. The number of aryl methyl sites for hydroxylation is 1. The first-order valence-electron chi connectivity index (χ1n) is 9.19. The molecule has 1 aliphatic rings. The highest BCUT2D eigenvalue weighted by molar-refractivity contribution is 14.1. The molecule has 1 aromatic heterocycles. The second-order valence-corrected chi connectivity index (χ2v) is 11.3. The van der Waals surface area contributed by atoms with Gasteiger partial charge in [0.15, 0.2) is 20.0 Å². The molecular weight excluding hydrogens is 607 g/mol. The van der Waals surface area contributed by atoms with Gasteiger partial charge < -0.3 is 9.23 Å². The van der Waals surface area contributed by atoms with Gasteiger partial charge in [-0.05, 0) is 36.5 Å². The van der Waals surface area contributed by atoms with Crippen molar-refractivity contribution in [3.63, 3.8) is 0 Å². The molecule has 0 saturated heterocycles. The maximum absolute atomic E-state index is 11.4. The molecule has 32 heavy (non-hydrogen) atoms. The van der Waals surface area contributed by atoms with Gasteiger partial charge in [-0.15, -0.1) is 0 Å². The molecule has 2 rings (SSSR count). The SMILES string of the molecule is O=S(=O)([N-]S(=O)(=O)C(F)(F)F)C(F)(F)F.OC1CCCCC1n1cc[n+](CCCCI)c1. The summed E-state index contributed by atoms with van der Waals surface area (Å²) in [6.07, 6.45) is 13.3. The molecule has 8 nitrogen and oxygen atoms in total. The third kappa shape index (κ3) is 8.60. The van der Waals surface area contributed by atoms with Gasteiger partial charge in [0.1, 0.15) is 18.4 Å². The lowest BCUT2D eigenvalue weighted by atomic mass is 9.92. The molecule has 1 saturated carbocycles. The molecule has 0 spiro atoms. The van der Waals surface area contributed by atoms with Crippen LogP contribution < -0.4 is 4.57 Å². The van der Waals surface area contributed by atoms with Gasteiger partial charge in [-0.3, -0.25) is 0 Å². The number of sulfonamides is 2. The molecule has 0 aromatic carbocycles. The van der Waals surface area contributed by atoms with E-state index < -0.39 is 31.1 Å². The van der Waals surface area contributed by atoms with E-state index in [0.29, 0.717) is 6.04 Å². The van der Waals surface area contributed by atoms with Gasteiger partial charge in [-0.1, -0.05) is 29.0 Å². The number of imidazole rings is 1. The fraction of sp³-hybridized carbons (Fsp3) is 0.800. The summed E-state index contributed by atoms with van der Waals surface area (Å²) >= 11 is 2.43. The van der Waals surface area contributed by atoms with Crippen molar-refractivity contribution in [2.45, 2.75) is 68.2 Å². The Hall–Kier alpha value is -0.660. The molecular formula is C15H22F6IN3O5S2. The van der Waals surface area contributed by atoms with Crippen molar-refractivity contribution in [2.75, 3.05) is 4.43 Å². The molecule has 2 unspecified atom stereocenters. The Morgan fingerprint density at radius 3 is 2.00 bits per heavy atom. The minimum absolute atomic E-state index is 0.154. The Labute approximate surface area is 195 Å². The van der Waals surface area contributed by atoms with Gasteiger partial charge in [0.05, 0.1) is 12.6 Å². The first-order chi connectivity index (χ1) is 14.5. The largest absolute Gasteiger partial charge is 0.480 e. The van der Waals surface area contributed by atoms with Crippen molar-refractivity contribution in [1.82, 2.24) is 4.57 Å². The zero-order valence-electron chi connectivity index (χ0n) is 16.4. The van der Waals surface area contributed by atoms with Crippen LogP contribution >= 0.6 is 22.6 Å². The number of nitrogens with zero attached hydrogens (tertiary/aromatic N) is 3. The number of halogens is 7. The lowest BCUT2D eigenvalue weighted by Gasteiger charge is -2.24. The van der Waals surface area contributed by atoms with Crippen LogP contribution in [0.2, 0.25) is 0 Å². The standard InChI is InChI=1S/C13H22IN2O.C2F6NO4S2/c14-7-3-4-8-15-9-10-16(11-15)12-5-1-2-6-13(12)17;3-1(4,5)14(10,11)9-15(12,13)2(6,7)8/h9-13,17H,1-8H2;/q+1;-1. The molecule has 0 bridgehead atoms. The molecule has 0 radical (unpaired) electrons. The summed E-state index contributed by atoms with van der Waals surface area (Å²) in [6, 6.07) is 0.301. The van der Waals surface area contributed by atoms with Crippen molar-refractivity contribution in [1.29, 1.82) is 0 Å². The fourth-order valence-corrected chi connectivity index (χ4v) is 5.03. The third-order valence-corrected chi connectivity index (χ3v) is 7.87. The van der Waals surface area contributed by atoms with Crippen LogP contribution in [0, 0.1) is 0 Å². The Kier molecular flexibility index (Phi) is 10.7. The van der Waals surface area contributed by atoms with Gasteiger partial charge >= 0.3 is 11.0 Å². The number of aliphatic hydroxyl groups excluding tert-OH is 1. The topological polar surface area (TPSA) is 111 Å². The lowest BCUT2D eigenvalue weighted by molar-refractivity contribution is -0.697. The van der Waals surface area contributed by atoms with E-state index in [4.69, 9.17) is 0 Å². The molecule has 2 atom stereocenters. The highest BCUT2D eigenvalue weighted by atomic mass is 127. The second-order valence-electron chi connectivity index (χ2n) is 6.83. The molecule has 1 heterocycles. The van der Waals surface area contributed by atoms with Crippen LogP contribution in [-0.4, -0.2) is 48.1 Å². The highest BCUT2D eigenvalue weighted by Gasteiger charge is 2.46. The zero-order chi connectivity index (χ0) is 24.8. The van der Waals surface area contributed by atoms with Crippen LogP contribution in [0.15, 0.2) is 18.7 Å². The molecule has 0 aliphatic heterocycles.